The molecule has 1 atom stereocenters. The van der Waals surface area contributed by atoms with Crippen molar-refractivity contribution in [1.82, 2.24) is 9.78 Å². The van der Waals surface area contributed by atoms with Gasteiger partial charge in [-0.05, 0) is 43.5 Å². The molecule has 2 aromatic rings. The molecule has 0 amide bonds. The van der Waals surface area contributed by atoms with Gasteiger partial charge in [-0.3, -0.25) is 4.68 Å². The highest BCUT2D eigenvalue weighted by molar-refractivity contribution is 5.27. The van der Waals surface area contributed by atoms with Gasteiger partial charge in [-0.25, -0.2) is 0 Å². The minimum Gasteiger partial charge on any atom is -0.487 e. The zero-order valence-electron chi connectivity index (χ0n) is 11.5. The summed E-state index contributed by atoms with van der Waals surface area (Å²) >= 11 is 0. The lowest BCUT2D eigenvalue weighted by Gasteiger charge is -2.07. The highest BCUT2D eigenvalue weighted by Gasteiger charge is 2.00. The second-order valence-electron chi connectivity index (χ2n) is 4.93. The summed E-state index contributed by atoms with van der Waals surface area (Å²) in [6.07, 6.45) is 3.93. The van der Waals surface area contributed by atoms with Gasteiger partial charge in [0.2, 0.25) is 0 Å². The Hall–Kier alpha value is -1.81. The normalized spacial score (nSPS) is 12.4. The first kappa shape index (κ1) is 13.6. The Bertz CT molecular complexity index is 502. The topological polar surface area (TPSA) is 53.1 Å². The summed E-state index contributed by atoms with van der Waals surface area (Å²) in [4.78, 5) is 0. The molecule has 4 nitrogen and oxygen atoms in total. The number of nitrogens with zero attached hydrogens (tertiary/aromatic N) is 2. The highest BCUT2D eigenvalue weighted by Crippen LogP contribution is 2.15. The van der Waals surface area contributed by atoms with Crippen LogP contribution in [0.3, 0.4) is 0 Å². The smallest absolute Gasteiger partial charge is 0.132 e. The number of hydrogen-bond acceptors (Lipinski definition) is 3. The number of hydrogen-bond donors (Lipinski definition) is 1. The number of aromatic nitrogens is 2. The first-order valence-electron chi connectivity index (χ1n) is 6.59. The Labute approximate surface area is 114 Å². The number of ether oxygens (including phenoxy) is 1. The van der Waals surface area contributed by atoms with Crippen molar-refractivity contribution < 1.29 is 4.74 Å². The highest BCUT2D eigenvalue weighted by atomic mass is 16.5. The fourth-order valence-corrected chi connectivity index (χ4v) is 1.84. The lowest BCUT2D eigenvalue weighted by atomic mass is 10.1. The second-order valence-corrected chi connectivity index (χ2v) is 4.93. The van der Waals surface area contributed by atoms with Crippen LogP contribution in [0.15, 0.2) is 36.5 Å². The van der Waals surface area contributed by atoms with Gasteiger partial charge >= 0.3 is 0 Å². The zero-order chi connectivity index (χ0) is 13.7. The summed E-state index contributed by atoms with van der Waals surface area (Å²) < 4.78 is 7.46. The third-order valence-corrected chi connectivity index (χ3v) is 2.97. The molecular formula is C15H21N3O. The van der Waals surface area contributed by atoms with Crippen LogP contribution < -0.4 is 10.5 Å². The summed E-state index contributed by atoms with van der Waals surface area (Å²) in [5, 5.41) is 4.27. The molecule has 1 aromatic heterocycles. The molecule has 1 aromatic carbocycles. The van der Waals surface area contributed by atoms with Crippen LogP contribution in [0.5, 0.6) is 5.75 Å². The van der Waals surface area contributed by atoms with Gasteiger partial charge in [0.15, 0.2) is 0 Å². The minimum atomic E-state index is 0.250. The fourth-order valence-electron chi connectivity index (χ4n) is 1.84. The predicted molar refractivity (Wildman–Crippen MR) is 76.0 cm³/mol. The average molecular weight is 259 g/mol. The van der Waals surface area contributed by atoms with Crippen molar-refractivity contribution in [2.75, 3.05) is 0 Å². The minimum absolute atomic E-state index is 0.250. The van der Waals surface area contributed by atoms with Gasteiger partial charge in [-0.1, -0.05) is 12.1 Å². The maximum atomic E-state index is 5.75. The maximum Gasteiger partial charge on any atom is 0.132 e. The van der Waals surface area contributed by atoms with Crippen LogP contribution in [0.25, 0.3) is 0 Å². The van der Waals surface area contributed by atoms with Crippen LogP contribution >= 0.6 is 0 Å². The van der Waals surface area contributed by atoms with Crippen molar-refractivity contribution in [3.05, 3.63) is 47.8 Å². The molecule has 0 aliphatic carbocycles. The van der Waals surface area contributed by atoms with Gasteiger partial charge < -0.3 is 10.5 Å². The van der Waals surface area contributed by atoms with E-state index >= 15 is 0 Å². The Morgan fingerprint density at radius 1 is 1.26 bits per heavy atom. The number of benzene rings is 1. The zero-order valence-corrected chi connectivity index (χ0v) is 11.5. The van der Waals surface area contributed by atoms with E-state index in [1.54, 1.807) is 4.68 Å². The lowest BCUT2D eigenvalue weighted by molar-refractivity contribution is 0.300. The van der Waals surface area contributed by atoms with Gasteiger partial charge in [0.05, 0.1) is 5.69 Å². The molecule has 1 heterocycles. The number of nitrogens with two attached hydrogens (primary N) is 1. The lowest BCUT2D eigenvalue weighted by Crippen LogP contribution is -2.15. The van der Waals surface area contributed by atoms with Gasteiger partial charge in [-0.2, -0.15) is 5.10 Å². The molecule has 0 aliphatic rings. The maximum absolute atomic E-state index is 5.75. The van der Waals surface area contributed by atoms with Crippen molar-refractivity contribution in [2.24, 2.45) is 12.8 Å². The van der Waals surface area contributed by atoms with Gasteiger partial charge in [-0.15, -0.1) is 0 Å². The van der Waals surface area contributed by atoms with E-state index in [-0.39, 0.29) is 6.04 Å². The van der Waals surface area contributed by atoms with Gasteiger partial charge in [0.1, 0.15) is 12.4 Å². The molecule has 0 saturated carbocycles. The van der Waals surface area contributed by atoms with Gasteiger partial charge in [0, 0.05) is 19.3 Å². The molecule has 0 saturated heterocycles. The molecule has 19 heavy (non-hydrogen) atoms. The molecule has 0 bridgehead atoms. The molecule has 0 aliphatic heterocycles. The molecule has 102 valence electrons. The number of rotatable bonds is 6. The molecule has 0 radical (unpaired) electrons. The van der Waals surface area contributed by atoms with E-state index in [9.17, 15) is 0 Å². The van der Waals surface area contributed by atoms with Crippen LogP contribution in [0.1, 0.15) is 24.6 Å². The predicted octanol–water partition coefficient (Wildman–Crippen LogP) is 2.28. The Morgan fingerprint density at radius 3 is 2.58 bits per heavy atom. The Kier molecular flexibility index (Phi) is 4.58. The van der Waals surface area contributed by atoms with E-state index in [0.717, 1.165) is 24.3 Å². The van der Waals surface area contributed by atoms with Crippen LogP contribution in [-0.2, 0) is 20.1 Å². The average Bonchev–Trinajstić information content (AvgIpc) is 2.81. The first-order chi connectivity index (χ1) is 9.13. The van der Waals surface area contributed by atoms with E-state index in [2.05, 4.69) is 17.2 Å². The van der Waals surface area contributed by atoms with Crippen molar-refractivity contribution in [1.29, 1.82) is 0 Å². The van der Waals surface area contributed by atoms with Crippen molar-refractivity contribution in [3.63, 3.8) is 0 Å². The SMILES string of the molecule is CC(N)CCc1ccc(OCc2ccn(C)n2)cc1. The molecule has 4 heteroatoms. The van der Waals surface area contributed by atoms with Crippen LogP contribution in [0, 0.1) is 0 Å². The van der Waals surface area contributed by atoms with E-state index < -0.39 is 0 Å². The van der Waals surface area contributed by atoms with E-state index in [0.29, 0.717) is 6.61 Å². The monoisotopic (exact) mass is 259 g/mol. The Balaban J connectivity index is 1.84. The first-order valence-corrected chi connectivity index (χ1v) is 6.59. The molecule has 2 N–H and O–H groups in total. The van der Waals surface area contributed by atoms with E-state index in [1.165, 1.54) is 5.56 Å². The van der Waals surface area contributed by atoms with Gasteiger partial charge in [0.25, 0.3) is 0 Å². The van der Waals surface area contributed by atoms with Crippen LogP contribution in [-0.4, -0.2) is 15.8 Å². The van der Waals surface area contributed by atoms with E-state index in [1.807, 2.05) is 38.4 Å². The molecule has 0 spiro atoms. The second kappa shape index (κ2) is 6.38. The quantitative estimate of drug-likeness (QED) is 0.866. The Morgan fingerprint density at radius 2 is 2.00 bits per heavy atom. The molecule has 2 rings (SSSR count). The fraction of sp³-hybridized carbons (Fsp3) is 0.400. The third-order valence-electron chi connectivity index (χ3n) is 2.97. The summed E-state index contributed by atoms with van der Waals surface area (Å²) in [5.41, 5.74) is 7.98. The number of aryl methyl sites for hydroxylation is 2. The van der Waals surface area contributed by atoms with Crippen molar-refractivity contribution >= 4 is 0 Å². The largest absolute Gasteiger partial charge is 0.487 e. The summed E-state index contributed by atoms with van der Waals surface area (Å²) in [6, 6.07) is 10.4. The molecule has 1 unspecified atom stereocenters. The third kappa shape index (κ3) is 4.41. The van der Waals surface area contributed by atoms with Crippen molar-refractivity contribution in [2.45, 2.75) is 32.4 Å². The summed E-state index contributed by atoms with van der Waals surface area (Å²) in [7, 11) is 1.90. The summed E-state index contributed by atoms with van der Waals surface area (Å²) in [6.45, 7) is 2.53. The standard InChI is InChI=1S/C15H21N3O/c1-12(16)3-4-13-5-7-15(8-6-13)19-11-14-9-10-18(2)17-14/h5-10,12H,3-4,11,16H2,1-2H3. The van der Waals surface area contributed by atoms with E-state index in [4.69, 9.17) is 10.5 Å². The van der Waals surface area contributed by atoms with Crippen LogP contribution in [0.4, 0.5) is 0 Å². The van der Waals surface area contributed by atoms with Crippen LogP contribution in [0.2, 0.25) is 0 Å². The molecule has 0 fully saturated rings. The van der Waals surface area contributed by atoms with Crippen molar-refractivity contribution in [3.8, 4) is 5.75 Å². The molecular weight excluding hydrogens is 238 g/mol. The summed E-state index contributed by atoms with van der Waals surface area (Å²) in [5.74, 6) is 0.871.